The molecule has 0 radical (unpaired) electrons. The first-order valence-electron chi connectivity index (χ1n) is 7.05. The Labute approximate surface area is 117 Å². The quantitative estimate of drug-likeness (QED) is 0.754. The van der Waals surface area contributed by atoms with Crippen LogP contribution in [-0.2, 0) is 10.2 Å². The normalized spacial score (nSPS) is 27.3. The Morgan fingerprint density at radius 1 is 1.35 bits per heavy atom. The number of carbonyl (C=O) groups excluding carboxylic acids is 1. The van der Waals surface area contributed by atoms with E-state index in [0.717, 1.165) is 24.9 Å². The molecule has 1 aromatic rings. The van der Waals surface area contributed by atoms with E-state index in [4.69, 9.17) is 0 Å². The monoisotopic (exact) mass is 278 g/mol. The minimum atomic E-state index is -0.481. The third-order valence-electron chi connectivity index (χ3n) is 4.41. The average Bonchev–Trinajstić information content (AvgIpc) is 3.15. The summed E-state index contributed by atoms with van der Waals surface area (Å²) in [5, 5.41) is 15.7. The number of β-amino-alcohol motifs (C(OH)–C–C–N with tert-alkyl or cyclic N) is 1. The molecule has 0 spiro atoms. The molecular formula is C15H19FN2O2. The van der Waals surface area contributed by atoms with Crippen molar-refractivity contribution in [2.45, 2.75) is 24.4 Å². The van der Waals surface area contributed by atoms with Crippen LogP contribution in [0.4, 0.5) is 4.39 Å². The molecule has 3 N–H and O–H groups in total. The molecule has 20 heavy (non-hydrogen) atoms. The highest BCUT2D eigenvalue weighted by Crippen LogP contribution is 2.48. The lowest BCUT2D eigenvalue weighted by atomic mass is 9.94. The molecule has 2 aliphatic rings. The van der Waals surface area contributed by atoms with Crippen LogP contribution in [0.2, 0.25) is 0 Å². The van der Waals surface area contributed by atoms with E-state index in [1.807, 2.05) is 0 Å². The topological polar surface area (TPSA) is 61.4 Å². The van der Waals surface area contributed by atoms with Crippen molar-refractivity contribution in [3.63, 3.8) is 0 Å². The number of hydrogen-bond acceptors (Lipinski definition) is 3. The lowest BCUT2D eigenvalue weighted by Crippen LogP contribution is -2.40. The lowest BCUT2D eigenvalue weighted by Gasteiger charge is -2.19. The highest BCUT2D eigenvalue weighted by Gasteiger charge is 2.51. The molecule has 3 rings (SSSR count). The van der Waals surface area contributed by atoms with E-state index in [2.05, 4.69) is 10.6 Å². The van der Waals surface area contributed by atoms with Crippen molar-refractivity contribution < 1.29 is 14.3 Å². The Balaban J connectivity index is 1.63. The lowest BCUT2D eigenvalue weighted by molar-refractivity contribution is -0.123. The SMILES string of the molecule is O=C(NCC1CNCC1O)C1(c2ccc(F)cc2)CC1. The van der Waals surface area contributed by atoms with Gasteiger partial charge in [-0.2, -0.15) is 0 Å². The Kier molecular flexibility index (Phi) is 3.48. The molecule has 2 unspecified atom stereocenters. The zero-order chi connectivity index (χ0) is 14.2. The number of carbonyl (C=O) groups is 1. The molecule has 1 amide bonds. The van der Waals surface area contributed by atoms with Gasteiger partial charge in [-0.05, 0) is 30.5 Å². The van der Waals surface area contributed by atoms with Crippen molar-refractivity contribution in [1.29, 1.82) is 0 Å². The second-order valence-corrected chi connectivity index (χ2v) is 5.78. The first kappa shape index (κ1) is 13.5. The van der Waals surface area contributed by atoms with Crippen molar-refractivity contribution in [3.05, 3.63) is 35.6 Å². The largest absolute Gasteiger partial charge is 0.391 e. The number of amides is 1. The fraction of sp³-hybridized carbons (Fsp3) is 0.533. The first-order chi connectivity index (χ1) is 9.62. The van der Waals surface area contributed by atoms with Gasteiger partial charge in [-0.1, -0.05) is 12.1 Å². The van der Waals surface area contributed by atoms with Gasteiger partial charge in [0, 0.05) is 25.6 Å². The molecular weight excluding hydrogens is 259 g/mol. The van der Waals surface area contributed by atoms with Gasteiger partial charge < -0.3 is 15.7 Å². The van der Waals surface area contributed by atoms with Gasteiger partial charge in [0.05, 0.1) is 11.5 Å². The summed E-state index contributed by atoms with van der Waals surface area (Å²) in [5.74, 6) is -0.226. The van der Waals surface area contributed by atoms with Gasteiger partial charge >= 0.3 is 0 Å². The van der Waals surface area contributed by atoms with E-state index in [9.17, 15) is 14.3 Å². The van der Waals surface area contributed by atoms with E-state index in [1.54, 1.807) is 12.1 Å². The summed E-state index contributed by atoms with van der Waals surface area (Å²) in [7, 11) is 0. The van der Waals surface area contributed by atoms with Crippen LogP contribution in [0.25, 0.3) is 0 Å². The number of benzene rings is 1. The maximum absolute atomic E-state index is 13.0. The van der Waals surface area contributed by atoms with E-state index in [-0.39, 0.29) is 17.6 Å². The third kappa shape index (κ3) is 2.43. The van der Waals surface area contributed by atoms with Crippen molar-refractivity contribution in [1.82, 2.24) is 10.6 Å². The Morgan fingerprint density at radius 2 is 2.05 bits per heavy atom. The zero-order valence-corrected chi connectivity index (χ0v) is 11.2. The van der Waals surface area contributed by atoms with Crippen LogP contribution >= 0.6 is 0 Å². The number of nitrogens with one attached hydrogen (secondary N) is 2. The predicted octanol–water partition coefficient (Wildman–Crippen LogP) is 0.554. The van der Waals surface area contributed by atoms with Crippen molar-refractivity contribution in [2.24, 2.45) is 5.92 Å². The molecule has 4 nitrogen and oxygen atoms in total. The van der Waals surface area contributed by atoms with Crippen LogP contribution in [-0.4, -0.2) is 36.8 Å². The smallest absolute Gasteiger partial charge is 0.230 e. The van der Waals surface area contributed by atoms with Crippen molar-refractivity contribution in [2.75, 3.05) is 19.6 Å². The Morgan fingerprint density at radius 3 is 2.60 bits per heavy atom. The van der Waals surface area contributed by atoms with Crippen LogP contribution in [0.15, 0.2) is 24.3 Å². The summed E-state index contributed by atoms with van der Waals surface area (Å²) >= 11 is 0. The van der Waals surface area contributed by atoms with Crippen LogP contribution in [0.1, 0.15) is 18.4 Å². The summed E-state index contributed by atoms with van der Waals surface area (Å²) in [6.07, 6.45) is 1.21. The maximum atomic E-state index is 13.0. The zero-order valence-electron chi connectivity index (χ0n) is 11.2. The van der Waals surface area contributed by atoms with E-state index >= 15 is 0 Å². The fourth-order valence-corrected chi connectivity index (χ4v) is 2.86. The van der Waals surface area contributed by atoms with E-state index in [0.29, 0.717) is 13.1 Å². The molecule has 2 atom stereocenters. The van der Waals surface area contributed by atoms with Gasteiger partial charge in [-0.25, -0.2) is 4.39 Å². The molecule has 2 fully saturated rings. The van der Waals surface area contributed by atoms with Gasteiger partial charge in [-0.3, -0.25) is 4.79 Å². The molecule has 1 saturated heterocycles. The summed E-state index contributed by atoms with van der Waals surface area (Å²) in [6, 6.07) is 6.17. The summed E-state index contributed by atoms with van der Waals surface area (Å²) in [4.78, 5) is 12.4. The number of rotatable bonds is 4. The van der Waals surface area contributed by atoms with Crippen LogP contribution < -0.4 is 10.6 Å². The van der Waals surface area contributed by atoms with E-state index in [1.165, 1.54) is 12.1 Å². The third-order valence-corrected chi connectivity index (χ3v) is 4.41. The molecule has 1 aliphatic carbocycles. The fourth-order valence-electron chi connectivity index (χ4n) is 2.86. The highest BCUT2D eigenvalue weighted by molar-refractivity contribution is 5.91. The molecule has 1 saturated carbocycles. The molecule has 5 heteroatoms. The first-order valence-corrected chi connectivity index (χ1v) is 7.05. The molecule has 0 bridgehead atoms. The summed E-state index contributed by atoms with van der Waals surface area (Å²) < 4.78 is 13.0. The minimum absolute atomic E-state index is 0.0109. The molecule has 1 heterocycles. The Bertz CT molecular complexity index is 499. The highest BCUT2D eigenvalue weighted by atomic mass is 19.1. The van der Waals surface area contributed by atoms with Crippen LogP contribution in [0.5, 0.6) is 0 Å². The Hall–Kier alpha value is -1.46. The van der Waals surface area contributed by atoms with Crippen LogP contribution in [0, 0.1) is 11.7 Å². The van der Waals surface area contributed by atoms with Gasteiger partial charge in [-0.15, -0.1) is 0 Å². The summed E-state index contributed by atoms with van der Waals surface area (Å²) in [6.45, 7) is 1.80. The van der Waals surface area contributed by atoms with Gasteiger partial charge in [0.25, 0.3) is 0 Å². The number of aliphatic hydroxyl groups is 1. The minimum Gasteiger partial charge on any atom is -0.391 e. The molecule has 108 valence electrons. The maximum Gasteiger partial charge on any atom is 0.230 e. The van der Waals surface area contributed by atoms with Gasteiger partial charge in [0.1, 0.15) is 5.82 Å². The number of halogens is 1. The number of hydrogen-bond donors (Lipinski definition) is 3. The van der Waals surface area contributed by atoms with Crippen LogP contribution in [0.3, 0.4) is 0 Å². The van der Waals surface area contributed by atoms with Crippen molar-refractivity contribution >= 4 is 5.91 Å². The average molecular weight is 278 g/mol. The van der Waals surface area contributed by atoms with E-state index < -0.39 is 11.5 Å². The summed E-state index contributed by atoms with van der Waals surface area (Å²) in [5.41, 5.74) is 0.395. The van der Waals surface area contributed by atoms with Gasteiger partial charge in [0.2, 0.25) is 5.91 Å². The molecule has 1 aromatic carbocycles. The molecule has 0 aromatic heterocycles. The number of aliphatic hydroxyl groups excluding tert-OH is 1. The predicted molar refractivity (Wildman–Crippen MR) is 72.7 cm³/mol. The van der Waals surface area contributed by atoms with Crippen molar-refractivity contribution in [3.8, 4) is 0 Å². The second-order valence-electron chi connectivity index (χ2n) is 5.78. The standard InChI is InChI=1S/C15H19FN2O2/c16-12-3-1-11(2-4-12)15(5-6-15)14(20)18-8-10-7-17-9-13(10)19/h1-4,10,13,17,19H,5-9H2,(H,18,20). The second kappa shape index (κ2) is 5.14. The van der Waals surface area contributed by atoms with Gasteiger partial charge in [0.15, 0.2) is 0 Å². The molecule has 1 aliphatic heterocycles.